The van der Waals surface area contributed by atoms with Gasteiger partial charge in [0.2, 0.25) is 0 Å². The summed E-state index contributed by atoms with van der Waals surface area (Å²) in [5.74, 6) is -2.73. The second-order valence-corrected chi connectivity index (χ2v) is 9.59. The quantitative estimate of drug-likeness (QED) is 0.277. The number of rotatable bonds is 4. The maximum Gasteiger partial charge on any atom is 0.490 e. The largest absolute Gasteiger partial charge is 0.490 e. The Morgan fingerprint density at radius 3 is 2.33 bits per heavy atom. The summed E-state index contributed by atoms with van der Waals surface area (Å²) >= 11 is 0. The Bertz CT molecular complexity index is 1690. The highest BCUT2D eigenvalue weighted by atomic mass is 19.4. The van der Waals surface area contributed by atoms with Crippen LogP contribution in [-0.2, 0) is 17.9 Å². The minimum atomic E-state index is -5.08. The molecular weight excluding hydrogens is 547 g/mol. The third kappa shape index (κ3) is 6.41. The number of aliphatic carboxylic acids is 1. The third-order valence-corrected chi connectivity index (χ3v) is 6.80. The number of hydrogen-bond donors (Lipinski definition) is 2. The smallest absolute Gasteiger partial charge is 0.475 e. The van der Waals surface area contributed by atoms with Crippen molar-refractivity contribution in [3.63, 3.8) is 0 Å². The molecule has 1 amide bonds. The number of nitrogens with zero attached hydrogens (tertiary/aromatic N) is 4. The molecule has 0 saturated carbocycles. The van der Waals surface area contributed by atoms with Crippen molar-refractivity contribution in [2.24, 2.45) is 0 Å². The van der Waals surface area contributed by atoms with Crippen LogP contribution in [0.5, 0.6) is 0 Å². The van der Waals surface area contributed by atoms with Crippen molar-refractivity contribution in [2.75, 3.05) is 18.0 Å². The van der Waals surface area contributed by atoms with Gasteiger partial charge in [-0.05, 0) is 23.8 Å². The summed E-state index contributed by atoms with van der Waals surface area (Å²) in [4.78, 5) is 39.4. The zero-order valence-electron chi connectivity index (χ0n) is 22.3. The summed E-state index contributed by atoms with van der Waals surface area (Å²) in [5.41, 5.74) is 6.67. The molecule has 5 aromatic rings. The number of alkyl halides is 3. The van der Waals surface area contributed by atoms with E-state index in [-0.39, 0.29) is 5.91 Å². The molecule has 1 aliphatic heterocycles. The molecule has 1 aliphatic rings. The fourth-order valence-electron chi connectivity index (χ4n) is 4.79. The predicted octanol–water partition coefficient (Wildman–Crippen LogP) is 5.92. The maximum atomic E-state index is 14.0. The zero-order chi connectivity index (χ0) is 29.7. The lowest BCUT2D eigenvalue weighted by Crippen LogP contribution is -2.35. The summed E-state index contributed by atoms with van der Waals surface area (Å²) in [6.45, 7) is 2.64. The number of carbonyl (C=O) groups excluding carboxylic acids is 1. The first-order chi connectivity index (χ1) is 20.2. The van der Waals surface area contributed by atoms with Crippen LogP contribution in [0.1, 0.15) is 21.6 Å². The summed E-state index contributed by atoms with van der Waals surface area (Å²) in [7, 11) is 0. The van der Waals surface area contributed by atoms with Gasteiger partial charge >= 0.3 is 12.1 Å². The lowest BCUT2D eigenvalue weighted by Gasteiger charge is -2.24. The highest BCUT2D eigenvalue weighted by Crippen LogP contribution is 2.30. The highest BCUT2D eigenvalue weighted by Gasteiger charge is 2.38. The van der Waals surface area contributed by atoms with E-state index >= 15 is 0 Å². The first-order valence-corrected chi connectivity index (χ1v) is 13.1. The number of carbonyl (C=O) groups is 2. The molecule has 0 unspecified atom stereocenters. The average Bonchev–Trinajstić information content (AvgIpc) is 3.44. The van der Waals surface area contributed by atoms with Crippen molar-refractivity contribution in [1.82, 2.24) is 19.9 Å². The molecule has 0 saturated heterocycles. The van der Waals surface area contributed by atoms with E-state index in [1.807, 2.05) is 77.8 Å². The topological polar surface area (TPSA) is 102 Å². The normalized spacial score (nSPS) is 13.1. The zero-order valence-corrected chi connectivity index (χ0v) is 22.3. The summed E-state index contributed by atoms with van der Waals surface area (Å²) < 4.78 is 31.7. The van der Waals surface area contributed by atoms with Gasteiger partial charge in [0.15, 0.2) is 0 Å². The molecule has 2 aromatic heterocycles. The number of fused-ring (bicyclic) bond motifs is 2. The summed E-state index contributed by atoms with van der Waals surface area (Å²) in [6.07, 6.45) is -1.53. The molecule has 0 radical (unpaired) electrons. The molecule has 0 aliphatic carbocycles. The fourth-order valence-corrected chi connectivity index (χ4v) is 4.79. The number of para-hydroxylation sites is 2. The monoisotopic (exact) mass is 573 g/mol. The van der Waals surface area contributed by atoms with Crippen molar-refractivity contribution in [2.45, 2.75) is 19.3 Å². The number of aromatic nitrogens is 3. The van der Waals surface area contributed by atoms with Gasteiger partial charge in [-0.2, -0.15) is 13.2 Å². The Labute approximate surface area is 239 Å². The van der Waals surface area contributed by atoms with E-state index in [4.69, 9.17) is 14.9 Å². The molecular formula is C31H26F3N5O3. The second-order valence-electron chi connectivity index (χ2n) is 9.59. The second kappa shape index (κ2) is 12.1. The first kappa shape index (κ1) is 28.3. The molecule has 3 heterocycles. The Hall–Kier alpha value is -5.19. The third-order valence-electron chi connectivity index (χ3n) is 6.80. The number of aromatic amines is 1. The summed E-state index contributed by atoms with van der Waals surface area (Å²) in [6, 6.07) is 28.2. The Balaban J connectivity index is 0.000000451. The number of benzene rings is 3. The lowest BCUT2D eigenvalue weighted by atomic mass is 10.0. The Morgan fingerprint density at radius 1 is 0.929 bits per heavy atom. The van der Waals surface area contributed by atoms with E-state index in [0.717, 1.165) is 52.2 Å². The fraction of sp³-hybridized carbons (Fsp3) is 0.161. The van der Waals surface area contributed by atoms with Gasteiger partial charge in [-0.25, -0.2) is 14.8 Å². The standard InChI is InChI=1S/C29H25N5O.C2HF3O2/c35-29(25-16-27(21-8-2-1-3-9-21)32-26-12-6-5-11-24(25)26)34-15-14-33(19-23-17-30-20-31-23)28-13-7-4-10-22(28)18-34;3-2(4,5)1(6)7/h1-13,16-17,20H,14-15,18-19H2,(H,30,31);(H,6,7). The van der Waals surface area contributed by atoms with E-state index in [9.17, 15) is 18.0 Å². The lowest BCUT2D eigenvalue weighted by molar-refractivity contribution is -0.192. The number of halogens is 3. The minimum Gasteiger partial charge on any atom is -0.475 e. The predicted molar refractivity (Wildman–Crippen MR) is 152 cm³/mol. The highest BCUT2D eigenvalue weighted by molar-refractivity contribution is 6.07. The Kier molecular flexibility index (Phi) is 8.19. The Morgan fingerprint density at radius 2 is 1.62 bits per heavy atom. The number of imidazole rings is 1. The van der Waals surface area contributed by atoms with E-state index in [1.54, 1.807) is 6.33 Å². The van der Waals surface area contributed by atoms with Crippen LogP contribution in [0.2, 0.25) is 0 Å². The molecule has 6 rings (SSSR count). The van der Waals surface area contributed by atoms with Gasteiger partial charge in [0.1, 0.15) is 0 Å². The van der Waals surface area contributed by atoms with Gasteiger partial charge in [-0.1, -0.05) is 66.7 Å². The minimum absolute atomic E-state index is 0.0268. The van der Waals surface area contributed by atoms with E-state index in [1.165, 1.54) is 0 Å². The molecule has 0 atom stereocenters. The molecule has 42 heavy (non-hydrogen) atoms. The summed E-state index contributed by atoms with van der Waals surface area (Å²) in [5, 5.41) is 8.00. The van der Waals surface area contributed by atoms with Gasteiger partial charge in [-0.3, -0.25) is 4.79 Å². The van der Waals surface area contributed by atoms with Gasteiger partial charge < -0.3 is 19.9 Å². The van der Waals surface area contributed by atoms with E-state index in [2.05, 4.69) is 33.1 Å². The molecule has 0 bridgehead atoms. The van der Waals surface area contributed by atoms with Crippen molar-refractivity contribution >= 4 is 28.5 Å². The van der Waals surface area contributed by atoms with E-state index in [0.29, 0.717) is 18.7 Å². The molecule has 3 aromatic carbocycles. The van der Waals surface area contributed by atoms with E-state index < -0.39 is 12.1 Å². The van der Waals surface area contributed by atoms with Crippen LogP contribution in [-0.4, -0.2) is 56.1 Å². The van der Waals surface area contributed by atoms with Crippen LogP contribution in [0.25, 0.3) is 22.2 Å². The van der Waals surface area contributed by atoms with Gasteiger partial charge in [0, 0.05) is 42.5 Å². The maximum absolute atomic E-state index is 14.0. The number of amides is 1. The number of carboxylic acid groups (broad SMARTS) is 1. The number of H-pyrrole nitrogens is 1. The van der Waals surface area contributed by atoms with Crippen LogP contribution < -0.4 is 4.90 Å². The number of pyridine rings is 1. The molecule has 0 spiro atoms. The number of carboxylic acids is 1. The molecule has 2 N–H and O–H groups in total. The van der Waals surface area contributed by atoms with Crippen molar-refractivity contribution in [3.8, 4) is 11.3 Å². The number of hydrogen-bond acceptors (Lipinski definition) is 5. The molecule has 11 heteroatoms. The first-order valence-electron chi connectivity index (χ1n) is 13.1. The number of nitrogens with one attached hydrogen (secondary N) is 1. The van der Waals surface area contributed by atoms with Crippen molar-refractivity contribution in [1.29, 1.82) is 0 Å². The average molecular weight is 574 g/mol. The van der Waals surface area contributed by atoms with Crippen LogP contribution in [0.4, 0.5) is 18.9 Å². The molecule has 214 valence electrons. The number of anilines is 1. The van der Waals surface area contributed by atoms with Crippen LogP contribution >= 0.6 is 0 Å². The van der Waals surface area contributed by atoms with Gasteiger partial charge in [-0.15, -0.1) is 0 Å². The molecule has 0 fully saturated rings. The van der Waals surface area contributed by atoms with Crippen molar-refractivity contribution < 1.29 is 27.9 Å². The van der Waals surface area contributed by atoms with Gasteiger partial charge in [0.25, 0.3) is 5.91 Å². The van der Waals surface area contributed by atoms with Crippen LogP contribution in [0.3, 0.4) is 0 Å². The van der Waals surface area contributed by atoms with Crippen LogP contribution in [0.15, 0.2) is 97.5 Å². The SMILES string of the molecule is O=C(O)C(F)(F)F.O=C(c1cc(-c2ccccc2)nc2ccccc12)N1CCN(Cc2cnc[nH]2)c2ccccc2C1. The molecule has 8 nitrogen and oxygen atoms in total. The van der Waals surface area contributed by atoms with Crippen LogP contribution in [0, 0.1) is 0 Å². The van der Waals surface area contributed by atoms with Gasteiger partial charge in [0.05, 0.1) is 35.3 Å². The van der Waals surface area contributed by atoms with Crippen molar-refractivity contribution in [3.05, 3.63) is 114 Å².